The summed E-state index contributed by atoms with van der Waals surface area (Å²) in [7, 11) is 6.39. The molecule has 0 radical (unpaired) electrons. The van der Waals surface area contributed by atoms with E-state index in [2.05, 4.69) is 22.3 Å². The highest BCUT2D eigenvalue weighted by Gasteiger charge is 2.22. The van der Waals surface area contributed by atoms with Crippen LogP contribution in [0, 0.1) is 0 Å². The van der Waals surface area contributed by atoms with E-state index in [0.29, 0.717) is 30.3 Å². The number of carbonyl (C=O) groups is 1. The minimum Gasteiger partial charge on any atom is -0.497 e. The van der Waals surface area contributed by atoms with Gasteiger partial charge < -0.3 is 34.1 Å². The van der Waals surface area contributed by atoms with Gasteiger partial charge in [0.05, 0.1) is 54.6 Å². The van der Waals surface area contributed by atoms with E-state index < -0.39 is 0 Å². The molecule has 1 aliphatic rings. The average Bonchev–Trinajstić information content (AvgIpc) is 2.82. The lowest BCUT2D eigenvalue weighted by molar-refractivity contribution is -0.892. The van der Waals surface area contributed by atoms with E-state index in [1.807, 2.05) is 24.3 Å². The Labute approximate surface area is 183 Å². The second-order valence-electron chi connectivity index (χ2n) is 7.42. The molecule has 8 nitrogen and oxygen atoms in total. The van der Waals surface area contributed by atoms with Crippen molar-refractivity contribution in [3.05, 3.63) is 42.0 Å². The minimum atomic E-state index is 0.0293. The highest BCUT2D eigenvalue weighted by molar-refractivity contribution is 5.76. The molecule has 8 heteroatoms. The summed E-state index contributed by atoms with van der Waals surface area (Å²) in [6.45, 7) is 4.54. The zero-order valence-corrected chi connectivity index (χ0v) is 18.7. The molecule has 0 atom stereocenters. The van der Waals surface area contributed by atoms with Crippen molar-refractivity contribution >= 4 is 11.6 Å². The van der Waals surface area contributed by atoms with Gasteiger partial charge in [0.2, 0.25) is 5.75 Å². The molecule has 0 bridgehead atoms. The fourth-order valence-corrected chi connectivity index (χ4v) is 3.78. The normalized spacial score (nSPS) is 14.1. The molecule has 0 saturated carbocycles. The van der Waals surface area contributed by atoms with Crippen LogP contribution >= 0.6 is 0 Å². The quantitative estimate of drug-likeness (QED) is 0.612. The van der Waals surface area contributed by atoms with Crippen molar-refractivity contribution in [2.24, 2.45) is 0 Å². The number of hydrogen-bond donors (Lipinski definition) is 2. The lowest BCUT2D eigenvalue weighted by Crippen LogP contribution is -3.15. The van der Waals surface area contributed by atoms with E-state index in [0.717, 1.165) is 37.5 Å². The molecule has 2 aromatic carbocycles. The number of ether oxygens (including phenoxy) is 4. The monoisotopic (exact) mass is 430 g/mol. The maximum absolute atomic E-state index is 12.5. The van der Waals surface area contributed by atoms with Crippen LogP contribution in [0.3, 0.4) is 0 Å². The molecule has 1 amide bonds. The Morgan fingerprint density at radius 2 is 1.55 bits per heavy atom. The first-order valence-electron chi connectivity index (χ1n) is 10.4. The molecule has 1 heterocycles. The summed E-state index contributed by atoms with van der Waals surface area (Å²) in [6.07, 6.45) is 0. The predicted molar refractivity (Wildman–Crippen MR) is 119 cm³/mol. The first kappa shape index (κ1) is 22.6. The molecule has 0 unspecified atom stereocenters. The summed E-state index contributed by atoms with van der Waals surface area (Å²) in [5.41, 5.74) is 2.08. The highest BCUT2D eigenvalue weighted by Crippen LogP contribution is 2.38. The van der Waals surface area contributed by atoms with Gasteiger partial charge in [0.25, 0.3) is 5.91 Å². The summed E-state index contributed by atoms with van der Waals surface area (Å²) >= 11 is 0. The van der Waals surface area contributed by atoms with E-state index in [-0.39, 0.29) is 5.91 Å². The number of amides is 1. The van der Waals surface area contributed by atoms with Crippen LogP contribution in [0.15, 0.2) is 36.4 Å². The van der Waals surface area contributed by atoms with Gasteiger partial charge in [-0.1, -0.05) is 0 Å². The minimum absolute atomic E-state index is 0.0293. The van der Waals surface area contributed by atoms with Crippen LogP contribution in [0.5, 0.6) is 23.0 Å². The predicted octanol–water partition coefficient (Wildman–Crippen LogP) is 0.742. The standard InChI is InChI=1S/C23H31N3O5/c1-28-19-7-5-18(6-8-19)26-11-9-25(10-12-26)16-22(27)24-15-17-13-20(29-2)23(31-4)21(14-17)30-3/h5-8,13-14H,9-12,15-16H2,1-4H3,(H,24,27)/p+1. The molecular formula is C23H32N3O5+. The van der Waals surface area contributed by atoms with Crippen LogP contribution < -0.4 is 34.1 Å². The second-order valence-corrected chi connectivity index (χ2v) is 7.42. The van der Waals surface area contributed by atoms with Crippen molar-refractivity contribution in [3.8, 4) is 23.0 Å². The lowest BCUT2D eigenvalue weighted by atomic mass is 10.1. The molecule has 168 valence electrons. The topological polar surface area (TPSA) is 73.7 Å². The van der Waals surface area contributed by atoms with E-state index >= 15 is 0 Å². The van der Waals surface area contributed by atoms with Gasteiger partial charge in [-0.2, -0.15) is 0 Å². The van der Waals surface area contributed by atoms with Crippen molar-refractivity contribution in [1.29, 1.82) is 0 Å². The van der Waals surface area contributed by atoms with Gasteiger partial charge in [-0.25, -0.2) is 0 Å². The molecule has 1 saturated heterocycles. The number of hydrogen-bond acceptors (Lipinski definition) is 6. The summed E-state index contributed by atoms with van der Waals surface area (Å²) in [5, 5.41) is 3.00. The van der Waals surface area contributed by atoms with Crippen LogP contribution in [-0.4, -0.2) is 67.1 Å². The molecule has 31 heavy (non-hydrogen) atoms. The molecule has 0 aromatic heterocycles. The number of piperazine rings is 1. The fourth-order valence-electron chi connectivity index (χ4n) is 3.78. The third-order valence-corrected chi connectivity index (χ3v) is 5.53. The van der Waals surface area contributed by atoms with E-state index in [9.17, 15) is 4.79 Å². The first-order valence-corrected chi connectivity index (χ1v) is 10.4. The van der Waals surface area contributed by atoms with Gasteiger partial charge in [0, 0.05) is 12.2 Å². The molecular weight excluding hydrogens is 398 g/mol. The molecule has 2 aromatic rings. The van der Waals surface area contributed by atoms with Crippen molar-refractivity contribution < 1.29 is 28.6 Å². The maximum atomic E-state index is 12.5. The Bertz CT molecular complexity index is 839. The van der Waals surface area contributed by atoms with Crippen LogP contribution in [0.1, 0.15) is 5.56 Å². The molecule has 2 N–H and O–H groups in total. The molecule has 0 spiro atoms. The van der Waals surface area contributed by atoms with E-state index in [4.69, 9.17) is 18.9 Å². The summed E-state index contributed by atoms with van der Waals surface area (Å²) < 4.78 is 21.3. The van der Waals surface area contributed by atoms with Crippen LogP contribution in [0.2, 0.25) is 0 Å². The summed E-state index contributed by atoms with van der Waals surface area (Å²) in [5.74, 6) is 2.58. The maximum Gasteiger partial charge on any atom is 0.275 e. The second kappa shape index (κ2) is 10.8. The number of methoxy groups -OCH3 is 4. The van der Waals surface area contributed by atoms with Crippen LogP contribution in [0.4, 0.5) is 5.69 Å². The number of nitrogens with one attached hydrogen (secondary N) is 2. The highest BCUT2D eigenvalue weighted by atomic mass is 16.5. The van der Waals surface area contributed by atoms with E-state index in [1.54, 1.807) is 28.4 Å². The molecule has 1 aliphatic heterocycles. The van der Waals surface area contributed by atoms with Gasteiger partial charge in [-0.3, -0.25) is 4.79 Å². The van der Waals surface area contributed by atoms with Gasteiger partial charge >= 0.3 is 0 Å². The average molecular weight is 431 g/mol. The lowest BCUT2D eigenvalue weighted by Gasteiger charge is -2.33. The largest absolute Gasteiger partial charge is 0.497 e. The zero-order valence-electron chi connectivity index (χ0n) is 18.7. The van der Waals surface area contributed by atoms with Gasteiger partial charge in [0.15, 0.2) is 18.0 Å². The Kier molecular flexibility index (Phi) is 7.83. The number of nitrogens with zero attached hydrogens (tertiary/aromatic N) is 1. The number of carbonyl (C=O) groups excluding carboxylic acids is 1. The van der Waals surface area contributed by atoms with Crippen molar-refractivity contribution in [2.75, 3.05) is 66.1 Å². The number of benzene rings is 2. The number of anilines is 1. The number of rotatable bonds is 9. The molecule has 0 aliphatic carbocycles. The Morgan fingerprint density at radius 1 is 0.935 bits per heavy atom. The first-order chi connectivity index (χ1) is 15.1. The number of quaternary nitrogens is 1. The third-order valence-electron chi connectivity index (χ3n) is 5.53. The van der Waals surface area contributed by atoms with Gasteiger partial charge in [-0.05, 0) is 42.0 Å². The summed E-state index contributed by atoms with van der Waals surface area (Å²) in [6, 6.07) is 11.8. The Balaban J connectivity index is 1.48. The van der Waals surface area contributed by atoms with Crippen LogP contribution in [0.25, 0.3) is 0 Å². The Morgan fingerprint density at radius 3 is 2.06 bits per heavy atom. The fraction of sp³-hybridized carbons (Fsp3) is 0.435. The van der Waals surface area contributed by atoms with Crippen molar-refractivity contribution in [2.45, 2.75) is 6.54 Å². The third kappa shape index (κ3) is 5.73. The van der Waals surface area contributed by atoms with Gasteiger partial charge in [0.1, 0.15) is 5.75 Å². The van der Waals surface area contributed by atoms with Crippen LogP contribution in [-0.2, 0) is 11.3 Å². The zero-order chi connectivity index (χ0) is 22.2. The summed E-state index contributed by atoms with van der Waals surface area (Å²) in [4.78, 5) is 16.1. The van der Waals surface area contributed by atoms with Crippen molar-refractivity contribution in [1.82, 2.24) is 5.32 Å². The Hall–Kier alpha value is -3.13. The van der Waals surface area contributed by atoms with Gasteiger partial charge in [-0.15, -0.1) is 0 Å². The SMILES string of the molecule is COc1ccc(N2CC[NH+](CC(=O)NCc3cc(OC)c(OC)c(OC)c3)CC2)cc1. The smallest absolute Gasteiger partial charge is 0.275 e. The van der Waals surface area contributed by atoms with E-state index in [1.165, 1.54) is 10.6 Å². The molecule has 1 fully saturated rings. The molecule has 3 rings (SSSR count). The van der Waals surface area contributed by atoms with Crippen molar-refractivity contribution in [3.63, 3.8) is 0 Å².